The van der Waals surface area contributed by atoms with Gasteiger partial charge in [-0.15, -0.1) is 16.4 Å². The second-order valence-electron chi connectivity index (χ2n) is 9.97. The SMILES string of the molecule is CC(C)(C)OC(=O)NCCOCCn1cc(CCOc2c(-c3csc(N4CCOCC4)n3)ccc(F)c2F)nn1. The zero-order valence-electron chi connectivity index (χ0n) is 22.8. The number of nitrogens with zero attached hydrogens (tertiary/aromatic N) is 5. The highest BCUT2D eigenvalue weighted by Crippen LogP contribution is 2.36. The fourth-order valence-corrected chi connectivity index (χ4v) is 4.66. The molecule has 0 bridgehead atoms. The molecule has 1 amide bonds. The lowest BCUT2D eigenvalue weighted by Gasteiger charge is -2.26. The fourth-order valence-electron chi connectivity index (χ4n) is 3.78. The maximum Gasteiger partial charge on any atom is 0.407 e. The van der Waals surface area contributed by atoms with E-state index in [1.807, 2.05) is 5.38 Å². The topological polar surface area (TPSA) is 113 Å². The molecule has 11 nitrogen and oxygen atoms in total. The number of ether oxygens (including phenoxy) is 4. The van der Waals surface area contributed by atoms with Crippen molar-refractivity contribution in [1.29, 1.82) is 0 Å². The van der Waals surface area contributed by atoms with Gasteiger partial charge in [0.25, 0.3) is 0 Å². The monoisotopic (exact) mass is 580 g/mol. The zero-order chi connectivity index (χ0) is 28.5. The molecule has 218 valence electrons. The Balaban J connectivity index is 1.24. The van der Waals surface area contributed by atoms with Crippen LogP contribution in [0.25, 0.3) is 11.3 Å². The molecular weight excluding hydrogens is 546 g/mol. The minimum Gasteiger partial charge on any atom is -0.489 e. The van der Waals surface area contributed by atoms with E-state index in [1.54, 1.807) is 31.6 Å². The number of aromatic nitrogens is 4. The number of carbonyl (C=O) groups excluding carboxylic acids is 1. The number of thiazole rings is 1. The minimum atomic E-state index is -1.06. The Morgan fingerprint density at radius 3 is 2.75 bits per heavy atom. The van der Waals surface area contributed by atoms with Gasteiger partial charge in [0.15, 0.2) is 16.7 Å². The van der Waals surface area contributed by atoms with Crippen LogP contribution in [0.1, 0.15) is 26.5 Å². The van der Waals surface area contributed by atoms with E-state index >= 15 is 0 Å². The van der Waals surface area contributed by atoms with Crippen molar-refractivity contribution in [2.45, 2.75) is 39.3 Å². The molecule has 40 heavy (non-hydrogen) atoms. The average molecular weight is 581 g/mol. The number of anilines is 1. The molecule has 4 rings (SSSR count). The predicted octanol–water partition coefficient (Wildman–Crippen LogP) is 3.68. The van der Waals surface area contributed by atoms with Crippen molar-refractivity contribution in [2.75, 3.05) is 57.6 Å². The van der Waals surface area contributed by atoms with Crippen molar-refractivity contribution >= 4 is 22.6 Å². The minimum absolute atomic E-state index is 0.0688. The van der Waals surface area contributed by atoms with Crippen LogP contribution >= 0.6 is 11.3 Å². The molecule has 0 saturated carbocycles. The van der Waals surface area contributed by atoms with E-state index in [4.69, 9.17) is 18.9 Å². The molecule has 0 radical (unpaired) electrons. The lowest BCUT2D eigenvalue weighted by atomic mass is 10.1. The van der Waals surface area contributed by atoms with Crippen molar-refractivity contribution in [2.24, 2.45) is 0 Å². The summed E-state index contributed by atoms with van der Waals surface area (Å²) in [6, 6.07) is 2.55. The first-order valence-electron chi connectivity index (χ1n) is 13.0. The first-order chi connectivity index (χ1) is 19.2. The van der Waals surface area contributed by atoms with Gasteiger partial charge in [-0.05, 0) is 32.9 Å². The van der Waals surface area contributed by atoms with Crippen molar-refractivity contribution in [1.82, 2.24) is 25.3 Å². The second kappa shape index (κ2) is 13.8. The van der Waals surface area contributed by atoms with Crippen molar-refractivity contribution in [3.63, 3.8) is 0 Å². The Bertz CT molecular complexity index is 1260. The maximum absolute atomic E-state index is 14.8. The van der Waals surface area contributed by atoms with Crippen LogP contribution < -0.4 is 15.0 Å². The number of carbonyl (C=O) groups is 1. The molecule has 0 spiro atoms. The number of nitrogens with one attached hydrogen (secondary N) is 1. The summed E-state index contributed by atoms with van der Waals surface area (Å²) in [6.45, 7) is 9.63. The number of hydrogen-bond donors (Lipinski definition) is 1. The third-order valence-corrected chi connectivity index (χ3v) is 6.57. The van der Waals surface area contributed by atoms with Gasteiger partial charge in [0.2, 0.25) is 5.82 Å². The van der Waals surface area contributed by atoms with Crippen LogP contribution in [0.5, 0.6) is 5.75 Å². The smallest absolute Gasteiger partial charge is 0.407 e. The Hall–Kier alpha value is -3.36. The van der Waals surface area contributed by atoms with Gasteiger partial charge in [-0.1, -0.05) is 5.21 Å². The van der Waals surface area contributed by atoms with Crippen LogP contribution in [0, 0.1) is 11.6 Å². The molecule has 1 aliphatic heterocycles. The highest BCUT2D eigenvalue weighted by atomic mass is 32.1. The molecule has 3 aromatic rings. The van der Waals surface area contributed by atoms with E-state index in [1.165, 1.54) is 17.4 Å². The zero-order valence-corrected chi connectivity index (χ0v) is 23.6. The van der Waals surface area contributed by atoms with Crippen LogP contribution in [-0.2, 0) is 27.2 Å². The number of morpholine rings is 1. The lowest BCUT2D eigenvalue weighted by molar-refractivity contribution is 0.0496. The van der Waals surface area contributed by atoms with E-state index in [9.17, 15) is 13.6 Å². The summed E-state index contributed by atoms with van der Waals surface area (Å²) in [5, 5.41) is 13.4. The highest BCUT2D eigenvalue weighted by molar-refractivity contribution is 7.14. The van der Waals surface area contributed by atoms with Crippen LogP contribution in [0.15, 0.2) is 23.7 Å². The summed E-state index contributed by atoms with van der Waals surface area (Å²) >= 11 is 1.44. The molecule has 1 aromatic carbocycles. The van der Waals surface area contributed by atoms with Gasteiger partial charge in [-0.3, -0.25) is 0 Å². The molecule has 0 aliphatic carbocycles. The first-order valence-corrected chi connectivity index (χ1v) is 13.9. The van der Waals surface area contributed by atoms with Gasteiger partial charge in [0, 0.05) is 43.2 Å². The van der Waals surface area contributed by atoms with Gasteiger partial charge in [0.1, 0.15) is 5.60 Å². The summed E-state index contributed by atoms with van der Waals surface area (Å²) in [4.78, 5) is 18.3. The summed E-state index contributed by atoms with van der Waals surface area (Å²) in [6.07, 6.45) is 1.59. The molecule has 1 saturated heterocycles. The summed E-state index contributed by atoms with van der Waals surface area (Å²) < 4.78 is 52.2. The molecule has 2 aromatic heterocycles. The molecule has 1 N–H and O–H groups in total. The van der Waals surface area contributed by atoms with Gasteiger partial charge < -0.3 is 29.2 Å². The largest absolute Gasteiger partial charge is 0.489 e. The Labute approximate surface area is 235 Å². The predicted molar refractivity (Wildman–Crippen MR) is 145 cm³/mol. The second-order valence-corrected chi connectivity index (χ2v) is 10.8. The van der Waals surface area contributed by atoms with Crippen molar-refractivity contribution in [3.8, 4) is 17.0 Å². The number of benzene rings is 1. The Kier molecular flexibility index (Phi) is 10.2. The van der Waals surface area contributed by atoms with E-state index in [2.05, 4.69) is 25.5 Å². The van der Waals surface area contributed by atoms with E-state index < -0.39 is 23.3 Å². The van der Waals surface area contributed by atoms with Gasteiger partial charge in [0.05, 0.1) is 51.0 Å². The quantitative estimate of drug-likeness (QED) is 0.321. The molecule has 3 heterocycles. The number of amides is 1. The van der Waals surface area contributed by atoms with Crippen molar-refractivity contribution in [3.05, 3.63) is 41.0 Å². The molecule has 0 atom stereocenters. The van der Waals surface area contributed by atoms with E-state index in [0.717, 1.165) is 24.3 Å². The van der Waals surface area contributed by atoms with Gasteiger partial charge >= 0.3 is 6.09 Å². The first kappa shape index (κ1) is 29.6. The normalized spacial score (nSPS) is 13.9. The van der Waals surface area contributed by atoms with Crippen LogP contribution in [0.3, 0.4) is 0 Å². The van der Waals surface area contributed by atoms with Crippen LogP contribution in [0.2, 0.25) is 0 Å². The number of rotatable bonds is 12. The third kappa shape index (κ3) is 8.57. The van der Waals surface area contributed by atoms with E-state index in [-0.39, 0.29) is 12.4 Å². The summed E-state index contributed by atoms with van der Waals surface area (Å²) in [5.74, 6) is -2.23. The maximum atomic E-state index is 14.8. The average Bonchev–Trinajstić information content (AvgIpc) is 3.58. The number of alkyl carbamates (subject to hydrolysis) is 1. The van der Waals surface area contributed by atoms with Gasteiger partial charge in [-0.25, -0.2) is 18.9 Å². The Morgan fingerprint density at radius 2 is 1.98 bits per heavy atom. The number of halogens is 2. The summed E-state index contributed by atoms with van der Waals surface area (Å²) in [7, 11) is 0. The Morgan fingerprint density at radius 1 is 1.18 bits per heavy atom. The number of hydrogen-bond acceptors (Lipinski definition) is 10. The molecule has 1 aliphatic rings. The van der Waals surface area contributed by atoms with Crippen LogP contribution in [0.4, 0.5) is 18.7 Å². The lowest BCUT2D eigenvalue weighted by Crippen LogP contribution is -2.36. The van der Waals surface area contributed by atoms with Crippen LogP contribution in [-0.4, -0.2) is 84.3 Å². The van der Waals surface area contributed by atoms with E-state index in [0.29, 0.717) is 62.9 Å². The molecule has 14 heteroatoms. The molecule has 0 unspecified atom stereocenters. The fraction of sp³-hybridized carbons (Fsp3) is 0.538. The molecule has 1 fully saturated rings. The van der Waals surface area contributed by atoms with Gasteiger partial charge in [-0.2, -0.15) is 4.39 Å². The third-order valence-electron chi connectivity index (χ3n) is 5.67. The van der Waals surface area contributed by atoms with Crippen molar-refractivity contribution < 1.29 is 32.5 Å². The standard InChI is InChI=1S/C26H34F2N6O5S/c1-26(2,3)39-25(35)29-7-12-36-15-10-34-16-18(31-32-34)6-11-38-23-19(4-5-20(27)22(23)28)21-17-40-24(30-21)33-8-13-37-14-9-33/h4-5,16-17H,6-15H2,1-3H3,(H,29,35). The summed E-state index contributed by atoms with van der Waals surface area (Å²) in [5.41, 5.74) is 0.987. The molecular formula is C26H34F2N6O5S. The highest BCUT2D eigenvalue weighted by Gasteiger charge is 2.21.